The molecule has 0 fully saturated rings. The van der Waals surface area contributed by atoms with Crippen molar-refractivity contribution in [3.63, 3.8) is 0 Å². The van der Waals surface area contributed by atoms with E-state index in [1.54, 1.807) is 22.7 Å². The summed E-state index contributed by atoms with van der Waals surface area (Å²) < 4.78 is 0. The molecule has 4 aromatic rings. The molecule has 4 heterocycles. The van der Waals surface area contributed by atoms with Gasteiger partial charge in [0, 0.05) is 43.2 Å². The number of ketones is 2. The van der Waals surface area contributed by atoms with Crippen LogP contribution in [0.3, 0.4) is 0 Å². The van der Waals surface area contributed by atoms with Crippen LogP contribution in [0.2, 0.25) is 0 Å². The van der Waals surface area contributed by atoms with Gasteiger partial charge in [0.25, 0.3) is 0 Å². The van der Waals surface area contributed by atoms with Crippen molar-refractivity contribution in [1.29, 1.82) is 0 Å². The first kappa shape index (κ1) is 15.0. The second kappa shape index (κ2) is 5.20. The van der Waals surface area contributed by atoms with E-state index in [2.05, 4.69) is 0 Å². The maximum absolute atomic E-state index is 12.8. The largest absolute Gasteiger partial charge is 0.288 e. The minimum Gasteiger partial charge on any atom is -0.288 e. The number of hydrogen-bond donors (Lipinski definition) is 0. The minimum atomic E-state index is 0.111. The van der Waals surface area contributed by atoms with E-state index in [1.807, 2.05) is 45.8 Å². The molecule has 4 aromatic heterocycles. The summed E-state index contributed by atoms with van der Waals surface area (Å²) in [4.78, 5) is 29.3. The van der Waals surface area contributed by atoms with Crippen LogP contribution >= 0.6 is 45.3 Å². The van der Waals surface area contributed by atoms with E-state index in [4.69, 9.17) is 0 Å². The SMILES string of the molecule is O=C1c2ccsc2/C(=C2\c3ccsc3C(=O)c3ccsc32)c2ccsc21. The summed E-state index contributed by atoms with van der Waals surface area (Å²) in [6.07, 6.45) is 0. The monoisotopic (exact) mass is 408 g/mol. The lowest BCUT2D eigenvalue weighted by atomic mass is 9.82. The van der Waals surface area contributed by atoms with Gasteiger partial charge in [0.15, 0.2) is 0 Å². The Labute approximate surface area is 164 Å². The smallest absolute Gasteiger partial charge is 0.205 e. The highest BCUT2D eigenvalue weighted by Crippen LogP contribution is 2.51. The van der Waals surface area contributed by atoms with Crippen LogP contribution in [0.25, 0.3) is 11.1 Å². The van der Waals surface area contributed by atoms with Crippen molar-refractivity contribution < 1.29 is 9.59 Å². The zero-order chi connectivity index (χ0) is 17.4. The van der Waals surface area contributed by atoms with E-state index in [0.717, 1.165) is 52.9 Å². The highest BCUT2D eigenvalue weighted by Gasteiger charge is 2.36. The van der Waals surface area contributed by atoms with Crippen molar-refractivity contribution in [3.05, 3.63) is 87.5 Å². The van der Waals surface area contributed by atoms with Gasteiger partial charge in [-0.15, -0.1) is 45.3 Å². The molecule has 2 aliphatic rings. The number of carbonyl (C=O) groups excluding carboxylic acids is 2. The number of fused-ring (bicyclic) bond motifs is 4. The van der Waals surface area contributed by atoms with Crippen LogP contribution in [0.15, 0.2) is 45.8 Å². The van der Waals surface area contributed by atoms with Gasteiger partial charge >= 0.3 is 0 Å². The van der Waals surface area contributed by atoms with Gasteiger partial charge in [-0.3, -0.25) is 9.59 Å². The molecule has 0 spiro atoms. The van der Waals surface area contributed by atoms with Gasteiger partial charge in [-0.05, 0) is 45.8 Å². The van der Waals surface area contributed by atoms with Crippen molar-refractivity contribution in [2.24, 2.45) is 0 Å². The Morgan fingerprint density at radius 3 is 1.23 bits per heavy atom. The van der Waals surface area contributed by atoms with Crippen LogP contribution in [0.5, 0.6) is 0 Å². The molecule has 2 aliphatic carbocycles. The lowest BCUT2D eigenvalue weighted by Gasteiger charge is -2.23. The van der Waals surface area contributed by atoms with E-state index >= 15 is 0 Å². The fourth-order valence-electron chi connectivity index (χ4n) is 3.71. The summed E-state index contributed by atoms with van der Waals surface area (Å²) in [5.74, 6) is 0.221. The molecule has 0 amide bonds. The predicted molar refractivity (Wildman–Crippen MR) is 109 cm³/mol. The predicted octanol–water partition coefficient (Wildman–Crippen LogP) is 6.03. The molecule has 124 valence electrons. The number of hydrogen-bond acceptors (Lipinski definition) is 6. The maximum atomic E-state index is 12.8. The Hall–Kier alpha value is -2.12. The Morgan fingerprint density at radius 1 is 0.462 bits per heavy atom. The molecule has 0 aliphatic heterocycles. The quantitative estimate of drug-likeness (QED) is 0.308. The Bertz CT molecular complexity index is 1080. The molecule has 0 atom stereocenters. The third kappa shape index (κ3) is 1.75. The molecular weight excluding hydrogens is 400 g/mol. The van der Waals surface area contributed by atoms with Gasteiger partial charge in [0.05, 0.1) is 9.75 Å². The highest BCUT2D eigenvalue weighted by atomic mass is 32.1. The third-order valence-corrected chi connectivity index (χ3v) is 8.50. The Balaban J connectivity index is 1.81. The molecule has 0 radical (unpaired) electrons. The molecular formula is C20H8O2S4. The normalized spacial score (nSPS) is 17.7. The van der Waals surface area contributed by atoms with Gasteiger partial charge in [0.1, 0.15) is 0 Å². The fraction of sp³-hybridized carbons (Fsp3) is 0. The van der Waals surface area contributed by atoms with Crippen LogP contribution in [-0.2, 0) is 0 Å². The van der Waals surface area contributed by atoms with Crippen LogP contribution in [0.4, 0.5) is 0 Å². The molecule has 6 rings (SSSR count). The first-order valence-corrected chi connectivity index (χ1v) is 11.4. The molecule has 6 heteroatoms. The van der Waals surface area contributed by atoms with E-state index < -0.39 is 0 Å². The summed E-state index contributed by atoms with van der Waals surface area (Å²) >= 11 is 6.20. The highest BCUT2D eigenvalue weighted by molar-refractivity contribution is 7.15. The van der Waals surface area contributed by atoms with E-state index in [1.165, 1.54) is 22.7 Å². The number of carbonyl (C=O) groups is 2. The lowest BCUT2D eigenvalue weighted by molar-refractivity contribution is 0.103. The van der Waals surface area contributed by atoms with E-state index in [9.17, 15) is 9.59 Å². The molecule has 0 saturated carbocycles. The van der Waals surface area contributed by atoms with Crippen LogP contribution in [0, 0.1) is 0 Å². The van der Waals surface area contributed by atoms with Crippen molar-refractivity contribution in [1.82, 2.24) is 0 Å². The van der Waals surface area contributed by atoms with E-state index in [0.29, 0.717) is 0 Å². The van der Waals surface area contributed by atoms with Crippen LogP contribution < -0.4 is 0 Å². The number of thiophene rings is 4. The van der Waals surface area contributed by atoms with E-state index in [-0.39, 0.29) is 11.6 Å². The summed E-state index contributed by atoms with van der Waals surface area (Å²) in [6.45, 7) is 0. The molecule has 26 heavy (non-hydrogen) atoms. The van der Waals surface area contributed by atoms with Crippen molar-refractivity contribution in [3.8, 4) is 0 Å². The molecule has 0 unspecified atom stereocenters. The zero-order valence-corrected chi connectivity index (χ0v) is 16.3. The van der Waals surface area contributed by atoms with Crippen molar-refractivity contribution in [2.45, 2.75) is 0 Å². The minimum absolute atomic E-state index is 0.111. The molecule has 0 N–H and O–H groups in total. The molecule has 0 bridgehead atoms. The first-order chi connectivity index (χ1) is 12.8. The summed E-state index contributed by atoms with van der Waals surface area (Å²) in [5, 5.41) is 7.93. The molecule has 2 nitrogen and oxygen atoms in total. The van der Waals surface area contributed by atoms with Gasteiger partial charge in [-0.25, -0.2) is 0 Å². The molecule has 0 saturated heterocycles. The average Bonchev–Trinajstić information content (AvgIpc) is 3.43. The molecule has 0 aromatic carbocycles. The van der Waals surface area contributed by atoms with Gasteiger partial charge in [-0.1, -0.05) is 0 Å². The van der Waals surface area contributed by atoms with Crippen molar-refractivity contribution in [2.75, 3.05) is 0 Å². The third-order valence-electron chi connectivity index (χ3n) is 4.81. The topological polar surface area (TPSA) is 34.1 Å². The van der Waals surface area contributed by atoms with Crippen LogP contribution in [0.1, 0.15) is 51.4 Å². The zero-order valence-electron chi connectivity index (χ0n) is 13.1. The Morgan fingerprint density at radius 2 is 0.808 bits per heavy atom. The Kier molecular flexibility index (Phi) is 3.00. The number of rotatable bonds is 0. The standard InChI is InChI=1S/C20H8O2S4/c21-15-11-3-7-23-17(11)13(9-1-5-25-19(9)15)14-10-2-6-26-20(10)16(22)12-4-8-24-18(12)14/h1-8H/b14-13+. The second-order valence-corrected chi connectivity index (χ2v) is 9.73. The summed E-state index contributed by atoms with van der Waals surface area (Å²) in [6, 6.07) is 7.92. The van der Waals surface area contributed by atoms with Crippen LogP contribution in [-0.4, -0.2) is 11.6 Å². The fourth-order valence-corrected chi connectivity index (χ4v) is 7.34. The second-order valence-electron chi connectivity index (χ2n) is 6.06. The maximum Gasteiger partial charge on any atom is 0.205 e. The first-order valence-electron chi connectivity index (χ1n) is 7.91. The van der Waals surface area contributed by atoms with Gasteiger partial charge in [0.2, 0.25) is 11.6 Å². The average molecular weight is 409 g/mol. The van der Waals surface area contributed by atoms with Gasteiger partial charge in [-0.2, -0.15) is 0 Å². The summed E-state index contributed by atoms with van der Waals surface area (Å²) in [7, 11) is 0. The summed E-state index contributed by atoms with van der Waals surface area (Å²) in [5.41, 5.74) is 5.74. The lowest BCUT2D eigenvalue weighted by Crippen LogP contribution is -2.14. The van der Waals surface area contributed by atoms with Crippen molar-refractivity contribution >= 4 is 68.1 Å². The van der Waals surface area contributed by atoms with Gasteiger partial charge < -0.3 is 0 Å².